The molecule has 11 nitrogen and oxygen atoms in total. The quantitative estimate of drug-likeness (QED) is 0.430. The number of halogens is 1. The lowest BCUT2D eigenvalue weighted by atomic mass is 10.0. The number of rotatable bonds is 4. The summed E-state index contributed by atoms with van der Waals surface area (Å²) in [7, 11) is 1.36. The van der Waals surface area contributed by atoms with Crippen LogP contribution >= 0.6 is 27.3 Å². The summed E-state index contributed by atoms with van der Waals surface area (Å²) in [5, 5.41) is 27.3. The molecule has 1 aromatic carbocycles. The second-order valence-electron chi connectivity index (χ2n) is 6.51. The normalized spacial score (nSPS) is 16.2. The molecule has 30 heavy (non-hydrogen) atoms. The van der Waals surface area contributed by atoms with E-state index in [2.05, 4.69) is 52.1 Å². The molecule has 0 fully saturated rings. The average molecular weight is 488 g/mol. The van der Waals surface area contributed by atoms with Gasteiger partial charge in [0.05, 0.1) is 19.2 Å². The van der Waals surface area contributed by atoms with Crippen molar-refractivity contribution in [2.45, 2.75) is 19.5 Å². The van der Waals surface area contributed by atoms with E-state index in [9.17, 15) is 4.79 Å². The summed E-state index contributed by atoms with van der Waals surface area (Å²) >= 11 is 5.29. The first kappa shape index (κ1) is 18.8. The van der Waals surface area contributed by atoms with E-state index >= 15 is 0 Å². The van der Waals surface area contributed by atoms with Crippen LogP contribution in [0.3, 0.4) is 0 Å². The summed E-state index contributed by atoms with van der Waals surface area (Å²) < 4.78 is 8.74. The Balaban J connectivity index is 1.73. The van der Waals surface area contributed by atoms with Gasteiger partial charge in [-0.2, -0.15) is 9.90 Å². The lowest BCUT2D eigenvalue weighted by Crippen LogP contribution is -2.36. The Kier molecular flexibility index (Phi) is 4.55. The molecule has 1 unspecified atom stereocenters. The Morgan fingerprint density at radius 2 is 2.17 bits per heavy atom. The number of carbonyl (C=O) groups excluding carboxylic acids is 1. The number of allylic oxidation sites excluding steroid dienone is 1. The van der Waals surface area contributed by atoms with E-state index in [0.29, 0.717) is 23.0 Å². The highest BCUT2D eigenvalue weighted by Crippen LogP contribution is 2.46. The van der Waals surface area contributed by atoms with Crippen molar-refractivity contribution in [1.29, 1.82) is 0 Å². The molecule has 0 radical (unpaired) electrons. The van der Waals surface area contributed by atoms with Crippen molar-refractivity contribution >= 4 is 49.3 Å². The Morgan fingerprint density at radius 1 is 1.33 bits per heavy atom. The van der Waals surface area contributed by atoms with Gasteiger partial charge in [-0.05, 0) is 39.3 Å². The minimum absolute atomic E-state index is 0.240. The molecule has 152 valence electrons. The van der Waals surface area contributed by atoms with Crippen LogP contribution in [0.25, 0.3) is 10.1 Å². The third kappa shape index (κ3) is 2.81. The van der Waals surface area contributed by atoms with Crippen LogP contribution in [0.2, 0.25) is 0 Å². The number of anilines is 1. The summed E-state index contributed by atoms with van der Waals surface area (Å²) in [4.78, 5) is 15.6. The SMILES string of the molecule is COC(=O)C1=C(C)N(Cc2nn[nH]n2)c2nnnn2C1c1sc2ccccc2c1Br. The minimum Gasteiger partial charge on any atom is -0.466 e. The predicted molar refractivity (Wildman–Crippen MR) is 111 cm³/mol. The standard InChI is InChI=1S/C17H14BrN9O2S/c1-8-12(16(28)29-2)14(15-13(18)9-5-3-4-6-10(9)30-15)27-17(21-24-25-27)26(8)7-11-19-22-23-20-11/h3-6,14H,7H2,1-2H3,(H,19,20,22,23). The number of esters is 1. The molecule has 1 aliphatic heterocycles. The summed E-state index contributed by atoms with van der Waals surface area (Å²) in [6.45, 7) is 2.07. The topological polar surface area (TPSA) is 128 Å². The molecular formula is C17H14BrN9O2S. The van der Waals surface area contributed by atoms with Gasteiger partial charge in [-0.25, -0.2) is 4.79 Å². The van der Waals surface area contributed by atoms with Crippen LogP contribution < -0.4 is 4.90 Å². The van der Waals surface area contributed by atoms with Crippen LogP contribution in [0, 0.1) is 0 Å². The molecule has 4 aromatic rings. The van der Waals surface area contributed by atoms with E-state index in [1.165, 1.54) is 7.11 Å². The van der Waals surface area contributed by atoms with Gasteiger partial charge in [0.25, 0.3) is 5.95 Å². The number of fused-ring (bicyclic) bond motifs is 2. The maximum atomic E-state index is 12.9. The smallest absolute Gasteiger partial charge is 0.338 e. The highest BCUT2D eigenvalue weighted by atomic mass is 79.9. The fraction of sp³-hybridized carbons (Fsp3) is 0.235. The van der Waals surface area contributed by atoms with Gasteiger partial charge in [0.1, 0.15) is 6.04 Å². The van der Waals surface area contributed by atoms with Crippen LogP contribution in [-0.4, -0.2) is 53.9 Å². The van der Waals surface area contributed by atoms with Crippen LogP contribution in [0.5, 0.6) is 0 Å². The number of nitrogens with zero attached hydrogens (tertiary/aromatic N) is 8. The summed E-state index contributed by atoms with van der Waals surface area (Å²) in [5.41, 5.74) is 1.09. The number of thiophene rings is 1. The first-order chi connectivity index (χ1) is 14.6. The third-order valence-corrected chi connectivity index (χ3v) is 7.27. The van der Waals surface area contributed by atoms with Gasteiger partial charge in [-0.3, -0.25) is 0 Å². The second kappa shape index (κ2) is 7.25. The monoisotopic (exact) mass is 487 g/mol. The van der Waals surface area contributed by atoms with Gasteiger partial charge in [-0.15, -0.1) is 21.5 Å². The number of carbonyl (C=O) groups is 1. The van der Waals surface area contributed by atoms with Crippen molar-refractivity contribution in [3.8, 4) is 0 Å². The Hall–Kier alpha value is -3.19. The van der Waals surface area contributed by atoms with Crippen molar-refractivity contribution < 1.29 is 9.53 Å². The molecule has 1 N–H and O–H groups in total. The molecule has 5 rings (SSSR count). The number of H-pyrrole nitrogens is 1. The number of ether oxygens (including phenoxy) is 1. The van der Waals surface area contributed by atoms with Crippen LogP contribution in [0.15, 0.2) is 40.0 Å². The van der Waals surface area contributed by atoms with Crippen LogP contribution in [-0.2, 0) is 16.1 Å². The van der Waals surface area contributed by atoms with Crippen LogP contribution in [0.4, 0.5) is 5.95 Å². The first-order valence-electron chi connectivity index (χ1n) is 8.84. The van der Waals surface area contributed by atoms with Gasteiger partial charge in [0.15, 0.2) is 5.82 Å². The average Bonchev–Trinajstić information content (AvgIpc) is 3.50. The summed E-state index contributed by atoms with van der Waals surface area (Å²) in [5.74, 6) is 0.454. The van der Waals surface area contributed by atoms with Crippen molar-refractivity contribution in [3.05, 3.63) is 50.7 Å². The molecule has 3 aromatic heterocycles. The first-order valence-corrected chi connectivity index (χ1v) is 10.4. The van der Waals surface area contributed by atoms with Crippen molar-refractivity contribution in [2.24, 2.45) is 0 Å². The number of aromatic amines is 1. The number of nitrogens with one attached hydrogen (secondary N) is 1. The maximum Gasteiger partial charge on any atom is 0.338 e. The van der Waals surface area contributed by atoms with E-state index in [1.54, 1.807) is 20.9 Å². The molecule has 0 bridgehead atoms. The Bertz CT molecular complexity index is 1280. The van der Waals surface area contributed by atoms with E-state index < -0.39 is 12.0 Å². The minimum atomic E-state index is -0.546. The molecule has 0 amide bonds. The molecule has 0 aliphatic carbocycles. The number of tetrazole rings is 2. The summed E-state index contributed by atoms with van der Waals surface area (Å²) in [6, 6.07) is 7.47. The molecule has 1 aliphatic rings. The van der Waals surface area contributed by atoms with Gasteiger partial charge in [-0.1, -0.05) is 28.5 Å². The zero-order valence-corrected chi connectivity index (χ0v) is 18.2. The molecule has 1 atom stereocenters. The van der Waals surface area contributed by atoms with Crippen LogP contribution in [0.1, 0.15) is 23.7 Å². The highest BCUT2D eigenvalue weighted by molar-refractivity contribution is 9.10. The van der Waals surface area contributed by atoms with Gasteiger partial charge < -0.3 is 9.64 Å². The predicted octanol–water partition coefficient (Wildman–Crippen LogP) is 2.22. The van der Waals surface area contributed by atoms with E-state index in [1.807, 2.05) is 31.2 Å². The molecule has 0 saturated carbocycles. The van der Waals surface area contributed by atoms with Crippen molar-refractivity contribution in [3.63, 3.8) is 0 Å². The highest BCUT2D eigenvalue weighted by Gasteiger charge is 2.40. The van der Waals surface area contributed by atoms with E-state index in [0.717, 1.165) is 19.4 Å². The fourth-order valence-corrected chi connectivity index (χ4v) is 5.68. The Labute approximate surface area is 181 Å². The molecule has 4 heterocycles. The number of benzene rings is 1. The zero-order chi connectivity index (χ0) is 20.8. The van der Waals surface area contributed by atoms with Gasteiger partial charge in [0, 0.05) is 25.1 Å². The van der Waals surface area contributed by atoms with Crippen molar-refractivity contribution in [1.82, 2.24) is 40.8 Å². The summed E-state index contributed by atoms with van der Waals surface area (Å²) in [6.07, 6.45) is 0. The molecule has 13 heteroatoms. The van der Waals surface area contributed by atoms with E-state index in [4.69, 9.17) is 4.74 Å². The number of hydrogen-bond donors (Lipinski definition) is 1. The molecule has 0 saturated heterocycles. The number of hydrogen-bond acceptors (Lipinski definition) is 10. The second-order valence-corrected chi connectivity index (χ2v) is 8.38. The molecule has 0 spiro atoms. The van der Waals surface area contributed by atoms with Crippen molar-refractivity contribution in [2.75, 3.05) is 12.0 Å². The third-order valence-electron chi connectivity index (χ3n) is 4.93. The lowest BCUT2D eigenvalue weighted by Gasteiger charge is -2.33. The number of aromatic nitrogens is 8. The molecular weight excluding hydrogens is 474 g/mol. The maximum absolute atomic E-state index is 12.9. The lowest BCUT2D eigenvalue weighted by molar-refractivity contribution is -0.136. The van der Waals surface area contributed by atoms with Gasteiger partial charge >= 0.3 is 5.97 Å². The van der Waals surface area contributed by atoms with E-state index in [-0.39, 0.29) is 6.54 Å². The largest absolute Gasteiger partial charge is 0.466 e. The number of methoxy groups -OCH3 is 1. The van der Waals surface area contributed by atoms with Gasteiger partial charge in [0.2, 0.25) is 0 Å². The Morgan fingerprint density at radius 3 is 2.90 bits per heavy atom. The fourth-order valence-electron chi connectivity index (χ4n) is 3.55. The zero-order valence-electron chi connectivity index (χ0n) is 15.8.